The number of aromatic nitrogens is 2. The topological polar surface area (TPSA) is 102 Å². The standard InChI is InChI=1S/C19H17F2N5O2/c1-2-28-19(27)11-3-5-12(6-4-11)25-17-16(22)18(24-10-23-17)26-13-7-8-14(20)15(21)9-13/h3-10H,2,22H2,1H3,(H2,23,24,25,26). The van der Waals surface area contributed by atoms with Gasteiger partial charge in [-0.05, 0) is 43.3 Å². The second-order valence-corrected chi connectivity index (χ2v) is 5.66. The van der Waals surface area contributed by atoms with Crippen molar-refractivity contribution in [2.45, 2.75) is 6.92 Å². The number of esters is 1. The van der Waals surface area contributed by atoms with Gasteiger partial charge >= 0.3 is 5.97 Å². The first-order valence-corrected chi connectivity index (χ1v) is 8.34. The van der Waals surface area contributed by atoms with Crippen molar-refractivity contribution >= 4 is 34.7 Å². The largest absolute Gasteiger partial charge is 0.462 e. The second-order valence-electron chi connectivity index (χ2n) is 5.66. The van der Waals surface area contributed by atoms with Crippen LogP contribution in [0.15, 0.2) is 48.8 Å². The zero-order valence-corrected chi connectivity index (χ0v) is 14.9. The van der Waals surface area contributed by atoms with Gasteiger partial charge in [-0.3, -0.25) is 0 Å². The van der Waals surface area contributed by atoms with Crippen molar-refractivity contribution in [2.24, 2.45) is 0 Å². The number of anilines is 5. The molecule has 1 aromatic heterocycles. The zero-order chi connectivity index (χ0) is 20.1. The van der Waals surface area contributed by atoms with Gasteiger partial charge < -0.3 is 21.1 Å². The molecule has 7 nitrogen and oxygen atoms in total. The lowest BCUT2D eigenvalue weighted by Crippen LogP contribution is -2.06. The summed E-state index contributed by atoms with van der Waals surface area (Å²) in [6, 6.07) is 9.93. The van der Waals surface area contributed by atoms with Gasteiger partial charge in [0, 0.05) is 17.4 Å². The average Bonchev–Trinajstić information content (AvgIpc) is 2.68. The number of halogens is 2. The van der Waals surface area contributed by atoms with Crippen LogP contribution in [-0.4, -0.2) is 22.5 Å². The number of carbonyl (C=O) groups is 1. The minimum absolute atomic E-state index is 0.182. The lowest BCUT2D eigenvalue weighted by Gasteiger charge is -2.13. The highest BCUT2D eigenvalue weighted by molar-refractivity contribution is 5.90. The number of hydrogen-bond acceptors (Lipinski definition) is 7. The molecule has 3 rings (SSSR count). The molecule has 0 fully saturated rings. The van der Waals surface area contributed by atoms with Gasteiger partial charge in [-0.1, -0.05) is 0 Å². The van der Waals surface area contributed by atoms with E-state index < -0.39 is 17.6 Å². The summed E-state index contributed by atoms with van der Waals surface area (Å²) in [7, 11) is 0. The number of ether oxygens (including phenoxy) is 1. The minimum Gasteiger partial charge on any atom is -0.462 e. The molecular weight excluding hydrogens is 368 g/mol. The Morgan fingerprint density at radius 1 is 1.00 bits per heavy atom. The fourth-order valence-corrected chi connectivity index (χ4v) is 2.35. The van der Waals surface area contributed by atoms with Gasteiger partial charge in [0.05, 0.1) is 12.2 Å². The van der Waals surface area contributed by atoms with Crippen molar-refractivity contribution in [3.63, 3.8) is 0 Å². The van der Waals surface area contributed by atoms with E-state index in [1.54, 1.807) is 31.2 Å². The fourth-order valence-electron chi connectivity index (χ4n) is 2.35. The van der Waals surface area contributed by atoms with Crippen LogP contribution in [0.2, 0.25) is 0 Å². The molecule has 2 aromatic carbocycles. The summed E-state index contributed by atoms with van der Waals surface area (Å²) < 4.78 is 31.4. The van der Waals surface area contributed by atoms with Crippen molar-refractivity contribution in [3.8, 4) is 0 Å². The van der Waals surface area contributed by atoms with E-state index in [0.29, 0.717) is 23.7 Å². The van der Waals surface area contributed by atoms with Crippen LogP contribution in [0.5, 0.6) is 0 Å². The van der Waals surface area contributed by atoms with Crippen LogP contribution < -0.4 is 16.4 Å². The van der Waals surface area contributed by atoms with Gasteiger partial charge in [0.2, 0.25) is 0 Å². The van der Waals surface area contributed by atoms with Crippen LogP contribution in [0.3, 0.4) is 0 Å². The number of benzene rings is 2. The highest BCUT2D eigenvalue weighted by Gasteiger charge is 2.11. The number of nitrogens with zero attached hydrogens (tertiary/aromatic N) is 2. The number of hydrogen-bond donors (Lipinski definition) is 3. The molecule has 0 spiro atoms. The summed E-state index contributed by atoms with van der Waals surface area (Å²) in [6.45, 7) is 2.03. The molecule has 144 valence electrons. The van der Waals surface area contributed by atoms with Crippen LogP contribution in [0, 0.1) is 11.6 Å². The summed E-state index contributed by atoms with van der Waals surface area (Å²) in [4.78, 5) is 19.8. The van der Waals surface area contributed by atoms with Crippen molar-refractivity contribution in [1.82, 2.24) is 9.97 Å². The minimum atomic E-state index is -0.988. The maximum atomic E-state index is 13.4. The Hall–Kier alpha value is -3.75. The number of rotatable bonds is 6. The molecule has 0 radical (unpaired) electrons. The number of nitrogen functional groups attached to an aromatic ring is 1. The van der Waals surface area contributed by atoms with Crippen LogP contribution in [0.25, 0.3) is 0 Å². The molecule has 28 heavy (non-hydrogen) atoms. The molecule has 1 heterocycles. The SMILES string of the molecule is CCOC(=O)c1ccc(Nc2ncnc(Nc3ccc(F)c(F)c3)c2N)cc1. The van der Waals surface area contributed by atoms with E-state index in [9.17, 15) is 13.6 Å². The third-order valence-electron chi connectivity index (χ3n) is 3.73. The average molecular weight is 385 g/mol. The molecule has 0 unspecified atom stereocenters. The monoisotopic (exact) mass is 385 g/mol. The van der Waals surface area contributed by atoms with Gasteiger partial charge in [0.1, 0.15) is 12.0 Å². The van der Waals surface area contributed by atoms with E-state index in [1.165, 1.54) is 12.4 Å². The summed E-state index contributed by atoms with van der Waals surface area (Å²) in [5.74, 6) is -1.81. The maximum absolute atomic E-state index is 13.4. The van der Waals surface area contributed by atoms with Gasteiger partial charge in [-0.15, -0.1) is 0 Å². The third-order valence-corrected chi connectivity index (χ3v) is 3.73. The maximum Gasteiger partial charge on any atom is 0.338 e. The molecule has 0 aliphatic heterocycles. The number of nitrogens with two attached hydrogens (primary N) is 1. The molecule has 3 aromatic rings. The van der Waals surface area contributed by atoms with Crippen molar-refractivity contribution in [3.05, 3.63) is 66.0 Å². The molecule has 9 heteroatoms. The highest BCUT2D eigenvalue weighted by atomic mass is 19.2. The number of nitrogens with one attached hydrogen (secondary N) is 2. The number of carbonyl (C=O) groups excluding carboxylic acids is 1. The lowest BCUT2D eigenvalue weighted by molar-refractivity contribution is 0.0526. The van der Waals surface area contributed by atoms with Crippen LogP contribution in [0.1, 0.15) is 17.3 Å². The predicted molar refractivity (Wildman–Crippen MR) is 102 cm³/mol. The molecule has 0 saturated heterocycles. The second kappa shape index (κ2) is 8.30. The molecular formula is C19H17F2N5O2. The molecule has 0 aliphatic carbocycles. The first kappa shape index (κ1) is 19.0. The molecule has 0 aliphatic rings. The van der Waals surface area contributed by atoms with E-state index in [4.69, 9.17) is 10.5 Å². The van der Waals surface area contributed by atoms with Gasteiger partial charge in [-0.2, -0.15) is 0 Å². The van der Waals surface area contributed by atoms with E-state index >= 15 is 0 Å². The molecule has 0 bridgehead atoms. The first-order chi connectivity index (χ1) is 13.5. The Bertz CT molecular complexity index is 996. The first-order valence-electron chi connectivity index (χ1n) is 8.34. The Balaban J connectivity index is 1.77. The zero-order valence-electron chi connectivity index (χ0n) is 14.9. The van der Waals surface area contributed by atoms with Crippen molar-refractivity contribution in [2.75, 3.05) is 23.0 Å². The molecule has 0 atom stereocenters. The molecule has 0 amide bonds. The quantitative estimate of drug-likeness (QED) is 0.551. The van der Waals surface area contributed by atoms with Crippen LogP contribution in [0.4, 0.5) is 37.5 Å². The molecule has 4 N–H and O–H groups in total. The Labute approximate surface area is 159 Å². The Morgan fingerprint density at radius 2 is 1.61 bits per heavy atom. The van der Waals surface area contributed by atoms with Crippen molar-refractivity contribution < 1.29 is 18.3 Å². The van der Waals surface area contributed by atoms with E-state index in [1.807, 2.05) is 0 Å². The summed E-state index contributed by atoms with van der Waals surface area (Å²) >= 11 is 0. The lowest BCUT2D eigenvalue weighted by atomic mass is 10.2. The van der Waals surface area contributed by atoms with E-state index in [0.717, 1.165) is 12.1 Å². The normalized spacial score (nSPS) is 10.4. The van der Waals surface area contributed by atoms with Gasteiger partial charge in [-0.25, -0.2) is 23.5 Å². The Kier molecular flexibility index (Phi) is 5.64. The van der Waals surface area contributed by atoms with Gasteiger partial charge in [0.25, 0.3) is 0 Å². The summed E-state index contributed by atoms with van der Waals surface area (Å²) in [5.41, 5.74) is 7.60. The van der Waals surface area contributed by atoms with Gasteiger partial charge in [0.15, 0.2) is 23.3 Å². The Morgan fingerprint density at radius 3 is 2.21 bits per heavy atom. The summed E-state index contributed by atoms with van der Waals surface area (Å²) in [5, 5.41) is 5.84. The van der Waals surface area contributed by atoms with Crippen LogP contribution >= 0.6 is 0 Å². The third kappa shape index (κ3) is 4.32. The van der Waals surface area contributed by atoms with Crippen LogP contribution in [-0.2, 0) is 4.74 Å². The van der Waals surface area contributed by atoms with E-state index in [-0.39, 0.29) is 17.2 Å². The molecule has 0 saturated carbocycles. The summed E-state index contributed by atoms with van der Waals surface area (Å²) in [6.07, 6.45) is 1.27. The fraction of sp³-hybridized carbons (Fsp3) is 0.105. The van der Waals surface area contributed by atoms with E-state index in [2.05, 4.69) is 20.6 Å². The predicted octanol–water partition coefficient (Wildman–Crippen LogP) is 4.00. The smallest absolute Gasteiger partial charge is 0.338 e. The highest BCUT2D eigenvalue weighted by Crippen LogP contribution is 2.28. The van der Waals surface area contributed by atoms with Crippen molar-refractivity contribution in [1.29, 1.82) is 0 Å².